The number of aromatic nitrogens is 1. The average Bonchev–Trinajstić information content (AvgIpc) is 3.20. The van der Waals surface area contributed by atoms with E-state index in [9.17, 15) is 9.59 Å². The zero-order valence-corrected chi connectivity index (χ0v) is 14.3. The van der Waals surface area contributed by atoms with Crippen molar-refractivity contribution in [3.05, 3.63) is 58.8 Å². The molecule has 1 aliphatic carbocycles. The third-order valence-electron chi connectivity index (χ3n) is 5.35. The number of aryl methyl sites for hydroxylation is 2. The molecule has 2 aliphatic rings. The van der Waals surface area contributed by atoms with Crippen molar-refractivity contribution in [1.29, 1.82) is 0 Å². The van der Waals surface area contributed by atoms with Crippen LogP contribution in [0.5, 0.6) is 0 Å². The van der Waals surface area contributed by atoms with E-state index in [1.165, 1.54) is 24.1 Å². The maximum Gasteiger partial charge on any atom is 0.255 e. The van der Waals surface area contributed by atoms with Crippen LogP contribution in [0.25, 0.3) is 10.9 Å². The van der Waals surface area contributed by atoms with Crippen LogP contribution in [-0.2, 0) is 24.1 Å². The number of carbonyl (C=O) groups excluding carboxylic acids is 2. The number of hydrogen-bond donors (Lipinski definition) is 3. The Hall–Kier alpha value is -3.08. The van der Waals surface area contributed by atoms with Gasteiger partial charge in [0, 0.05) is 33.5 Å². The predicted octanol–water partition coefficient (Wildman–Crippen LogP) is 3.79. The molecule has 0 atom stereocenters. The van der Waals surface area contributed by atoms with Crippen LogP contribution in [0.2, 0.25) is 0 Å². The molecule has 0 radical (unpaired) electrons. The number of hydrogen-bond acceptors (Lipinski definition) is 2. The average molecular weight is 345 g/mol. The molecule has 1 aromatic heterocycles. The minimum atomic E-state index is -0.137. The highest BCUT2D eigenvalue weighted by molar-refractivity contribution is 6.07. The second-order valence-corrected chi connectivity index (χ2v) is 7.10. The number of nitrogens with one attached hydrogen (secondary N) is 3. The summed E-state index contributed by atoms with van der Waals surface area (Å²) in [6, 6.07) is 11.4. The Balaban J connectivity index is 1.44. The highest BCUT2D eigenvalue weighted by atomic mass is 16.2. The first-order chi connectivity index (χ1) is 12.7. The van der Waals surface area contributed by atoms with Crippen molar-refractivity contribution in [3.63, 3.8) is 0 Å². The molecule has 0 saturated carbocycles. The summed E-state index contributed by atoms with van der Waals surface area (Å²) in [7, 11) is 0. The standard InChI is InChI=1S/C21H19N3O2/c25-20-10-12-5-7-14(11-19(12)24-20)22-21(26)13-6-8-18-16(9-13)15-3-1-2-4-17(15)23-18/h5-9,11,23H,1-4,10H2,(H,22,26)(H,24,25). The molecule has 0 saturated heterocycles. The number of rotatable bonds is 2. The number of aromatic amines is 1. The van der Waals surface area contributed by atoms with Crippen molar-refractivity contribution < 1.29 is 9.59 Å². The number of benzene rings is 2. The van der Waals surface area contributed by atoms with Gasteiger partial charge in [-0.1, -0.05) is 6.07 Å². The van der Waals surface area contributed by atoms with E-state index in [1.807, 2.05) is 36.4 Å². The van der Waals surface area contributed by atoms with Gasteiger partial charge in [-0.05, 0) is 67.1 Å². The summed E-state index contributed by atoms with van der Waals surface area (Å²) in [5, 5.41) is 6.91. The van der Waals surface area contributed by atoms with Gasteiger partial charge in [0.05, 0.1) is 6.42 Å². The fraction of sp³-hybridized carbons (Fsp3) is 0.238. The Morgan fingerprint density at radius 2 is 1.92 bits per heavy atom. The van der Waals surface area contributed by atoms with Crippen LogP contribution in [0.4, 0.5) is 11.4 Å². The summed E-state index contributed by atoms with van der Waals surface area (Å²) >= 11 is 0. The third kappa shape index (κ3) is 2.47. The van der Waals surface area contributed by atoms with Crippen molar-refractivity contribution in [2.45, 2.75) is 32.1 Å². The number of H-pyrrole nitrogens is 1. The second-order valence-electron chi connectivity index (χ2n) is 7.10. The van der Waals surface area contributed by atoms with Crippen LogP contribution in [0.15, 0.2) is 36.4 Å². The fourth-order valence-electron chi connectivity index (χ4n) is 4.04. The van der Waals surface area contributed by atoms with Gasteiger partial charge >= 0.3 is 0 Å². The van der Waals surface area contributed by atoms with Gasteiger partial charge in [-0.25, -0.2) is 0 Å². The number of anilines is 2. The van der Waals surface area contributed by atoms with E-state index in [4.69, 9.17) is 0 Å². The molecule has 5 rings (SSSR count). The largest absolute Gasteiger partial charge is 0.358 e. The number of carbonyl (C=O) groups is 2. The molecular weight excluding hydrogens is 326 g/mol. The maximum atomic E-state index is 12.7. The van der Waals surface area contributed by atoms with E-state index in [0.29, 0.717) is 17.7 Å². The lowest BCUT2D eigenvalue weighted by atomic mass is 9.95. The van der Waals surface area contributed by atoms with Crippen LogP contribution in [0.1, 0.15) is 40.0 Å². The zero-order valence-electron chi connectivity index (χ0n) is 14.3. The smallest absolute Gasteiger partial charge is 0.255 e. The molecule has 3 aromatic rings. The molecule has 0 bridgehead atoms. The first kappa shape index (κ1) is 15.2. The summed E-state index contributed by atoms with van der Waals surface area (Å²) in [4.78, 5) is 27.7. The summed E-state index contributed by atoms with van der Waals surface area (Å²) in [5.74, 6) is -0.145. The SMILES string of the molecule is O=C1Cc2ccc(NC(=O)c3ccc4[nH]c5c(c4c3)CCCC5)cc2N1. The normalized spacial score (nSPS) is 15.5. The molecule has 0 spiro atoms. The van der Waals surface area contributed by atoms with Crippen LogP contribution in [0, 0.1) is 0 Å². The van der Waals surface area contributed by atoms with Crippen molar-refractivity contribution in [3.8, 4) is 0 Å². The van der Waals surface area contributed by atoms with Gasteiger partial charge in [0.1, 0.15) is 0 Å². The fourth-order valence-corrected chi connectivity index (χ4v) is 4.04. The van der Waals surface area contributed by atoms with Crippen LogP contribution < -0.4 is 10.6 Å². The molecule has 2 heterocycles. The Morgan fingerprint density at radius 3 is 2.85 bits per heavy atom. The van der Waals surface area contributed by atoms with E-state index in [1.54, 1.807) is 0 Å². The monoisotopic (exact) mass is 345 g/mol. The van der Waals surface area contributed by atoms with Gasteiger partial charge in [-0.2, -0.15) is 0 Å². The van der Waals surface area contributed by atoms with Gasteiger partial charge in [0.15, 0.2) is 0 Å². The summed E-state index contributed by atoms with van der Waals surface area (Å²) in [6.45, 7) is 0. The van der Waals surface area contributed by atoms with Crippen molar-refractivity contribution in [2.75, 3.05) is 10.6 Å². The van der Waals surface area contributed by atoms with E-state index in [2.05, 4.69) is 15.6 Å². The molecular formula is C21H19N3O2. The van der Waals surface area contributed by atoms with Gasteiger partial charge < -0.3 is 15.6 Å². The number of amides is 2. The van der Waals surface area contributed by atoms with Gasteiger partial charge in [-0.15, -0.1) is 0 Å². The van der Waals surface area contributed by atoms with Crippen molar-refractivity contribution in [2.24, 2.45) is 0 Å². The molecule has 0 fully saturated rings. The Kier molecular flexibility index (Phi) is 3.35. The lowest BCUT2D eigenvalue weighted by Gasteiger charge is -2.11. The van der Waals surface area contributed by atoms with Gasteiger partial charge in [0.2, 0.25) is 5.91 Å². The van der Waals surface area contributed by atoms with E-state index >= 15 is 0 Å². The van der Waals surface area contributed by atoms with Crippen molar-refractivity contribution >= 4 is 34.1 Å². The number of fused-ring (bicyclic) bond motifs is 4. The molecule has 0 unspecified atom stereocenters. The topological polar surface area (TPSA) is 74.0 Å². The molecule has 130 valence electrons. The second kappa shape index (κ2) is 5.73. The molecule has 2 amide bonds. The van der Waals surface area contributed by atoms with Crippen LogP contribution >= 0.6 is 0 Å². The van der Waals surface area contributed by atoms with Crippen molar-refractivity contribution in [1.82, 2.24) is 4.98 Å². The lowest BCUT2D eigenvalue weighted by molar-refractivity contribution is -0.115. The Bertz CT molecular complexity index is 1060. The first-order valence-electron chi connectivity index (χ1n) is 9.05. The molecule has 2 aromatic carbocycles. The van der Waals surface area contributed by atoms with Crippen LogP contribution in [-0.4, -0.2) is 16.8 Å². The Labute approximate surface area is 150 Å². The maximum absolute atomic E-state index is 12.7. The summed E-state index contributed by atoms with van der Waals surface area (Å²) in [6.07, 6.45) is 5.00. The first-order valence-corrected chi connectivity index (χ1v) is 9.05. The third-order valence-corrected chi connectivity index (χ3v) is 5.35. The summed E-state index contributed by atoms with van der Waals surface area (Å²) < 4.78 is 0. The molecule has 26 heavy (non-hydrogen) atoms. The minimum absolute atomic E-state index is 0.00819. The summed E-state index contributed by atoms with van der Waals surface area (Å²) in [5.41, 5.74) is 6.87. The molecule has 5 heteroatoms. The highest BCUT2D eigenvalue weighted by Gasteiger charge is 2.19. The van der Waals surface area contributed by atoms with E-state index < -0.39 is 0 Å². The van der Waals surface area contributed by atoms with Gasteiger partial charge in [-0.3, -0.25) is 9.59 Å². The quantitative estimate of drug-likeness (QED) is 0.661. The lowest BCUT2D eigenvalue weighted by Crippen LogP contribution is -2.12. The minimum Gasteiger partial charge on any atom is -0.358 e. The van der Waals surface area contributed by atoms with E-state index in [0.717, 1.165) is 35.0 Å². The zero-order chi connectivity index (χ0) is 17.7. The Morgan fingerprint density at radius 1 is 1.04 bits per heavy atom. The predicted molar refractivity (Wildman–Crippen MR) is 102 cm³/mol. The van der Waals surface area contributed by atoms with Gasteiger partial charge in [0.25, 0.3) is 5.91 Å². The molecule has 1 aliphatic heterocycles. The van der Waals surface area contributed by atoms with E-state index in [-0.39, 0.29) is 11.8 Å². The molecule has 3 N–H and O–H groups in total. The van der Waals surface area contributed by atoms with Crippen LogP contribution in [0.3, 0.4) is 0 Å². The molecule has 5 nitrogen and oxygen atoms in total. The highest BCUT2D eigenvalue weighted by Crippen LogP contribution is 2.30.